The fraction of sp³-hybridized carbons (Fsp3) is 0.545. The molecule has 1 fully saturated rings. The van der Waals surface area contributed by atoms with Gasteiger partial charge in [-0.15, -0.1) is 0 Å². The summed E-state index contributed by atoms with van der Waals surface area (Å²) in [5.74, 6) is 0.770. The van der Waals surface area contributed by atoms with Crippen molar-refractivity contribution in [1.29, 1.82) is 0 Å². The van der Waals surface area contributed by atoms with Crippen molar-refractivity contribution in [1.82, 2.24) is 9.97 Å². The number of hydrogen-bond acceptors (Lipinski definition) is 3. The highest BCUT2D eigenvalue weighted by Gasteiger charge is 2.25. The molecular weight excluding hydrogens is 190 g/mol. The van der Waals surface area contributed by atoms with Crippen LogP contribution in [0.4, 0.5) is 5.95 Å². The number of aromatic nitrogens is 2. The van der Waals surface area contributed by atoms with Crippen molar-refractivity contribution >= 4 is 11.9 Å². The van der Waals surface area contributed by atoms with Gasteiger partial charge in [-0.25, -0.2) is 9.97 Å². The molecule has 0 unspecified atom stereocenters. The van der Waals surface area contributed by atoms with Crippen molar-refractivity contribution in [2.75, 3.05) is 11.4 Å². The summed E-state index contributed by atoms with van der Waals surface area (Å²) in [6.45, 7) is 0.775. The lowest BCUT2D eigenvalue weighted by atomic mass is 10.3. The maximum Gasteiger partial charge on any atom is 0.232 e. The van der Waals surface area contributed by atoms with E-state index in [1.54, 1.807) is 4.90 Å². The Labute approximate surface area is 88.3 Å². The molecule has 1 amide bonds. The summed E-state index contributed by atoms with van der Waals surface area (Å²) in [4.78, 5) is 22.0. The lowest BCUT2D eigenvalue weighted by molar-refractivity contribution is -0.117. The zero-order valence-electron chi connectivity index (χ0n) is 8.57. The maximum atomic E-state index is 11.5. The van der Waals surface area contributed by atoms with E-state index >= 15 is 0 Å². The molecular formula is C11H13N3O. The molecule has 0 radical (unpaired) electrons. The first-order valence-electron chi connectivity index (χ1n) is 5.50. The van der Waals surface area contributed by atoms with Crippen LogP contribution in [0.1, 0.15) is 30.5 Å². The molecule has 2 heterocycles. The molecule has 0 saturated carbocycles. The average molecular weight is 203 g/mol. The average Bonchev–Trinajstić information content (AvgIpc) is 2.84. The number of carbonyl (C=O) groups excluding carboxylic acids is 1. The molecule has 3 rings (SSSR count). The highest BCUT2D eigenvalue weighted by molar-refractivity contribution is 5.93. The highest BCUT2D eigenvalue weighted by Crippen LogP contribution is 2.23. The van der Waals surface area contributed by atoms with Gasteiger partial charge in [-0.2, -0.15) is 0 Å². The Kier molecular flexibility index (Phi) is 1.94. The van der Waals surface area contributed by atoms with Crippen LogP contribution >= 0.6 is 0 Å². The zero-order chi connectivity index (χ0) is 10.3. The molecule has 0 bridgehead atoms. The van der Waals surface area contributed by atoms with Crippen molar-refractivity contribution < 1.29 is 4.79 Å². The molecule has 4 nitrogen and oxygen atoms in total. The maximum absolute atomic E-state index is 11.5. The first-order chi connectivity index (χ1) is 7.34. The number of nitrogens with zero attached hydrogens (tertiary/aromatic N) is 3. The van der Waals surface area contributed by atoms with Gasteiger partial charge in [0, 0.05) is 24.9 Å². The number of rotatable bonds is 1. The highest BCUT2D eigenvalue weighted by atomic mass is 16.2. The molecule has 0 atom stereocenters. The van der Waals surface area contributed by atoms with Crippen LogP contribution < -0.4 is 4.90 Å². The summed E-state index contributed by atoms with van der Waals surface area (Å²) < 4.78 is 0. The molecule has 0 spiro atoms. The molecule has 1 aliphatic carbocycles. The summed E-state index contributed by atoms with van der Waals surface area (Å²) in [7, 11) is 0. The summed E-state index contributed by atoms with van der Waals surface area (Å²) in [6, 6.07) is 0. The predicted molar refractivity (Wildman–Crippen MR) is 55.6 cm³/mol. The Bertz CT molecular complexity index is 416. The summed E-state index contributed by atoms with van der Waals surface area (Å²) in [5, 5.41) is 0. The van der Waals surface area contributed by atoms with Gasteiger partial charge in [0.1, 0.15) is 0 Å². The molecule has 78 valence electrons. The predicted octanol–water partition coefficient (Wildman–Crippen LogP) is 1.09. The van der Waals surface area contributed by atoms with Crippen LogP contribution in [-0.4, -0.2) is 22.4 Å². The van der Waals surface area contributed by atoms with E-state index in [9.17, 15) is 4.79 Å². The van der Waals surface area contributed by atoms with Gasteiger partial charge in [0.15, 0.2) is 0 Å². The van der Waals surface area contributed by atoms with Crippen LogP contribution in [0, 0.1) is 0 Å². The third-order valence-electron chi connectivity index (χ3n) is 3.12. The van der Waals surface area contributed by atoms with Gasteiger partial charge >= 0.3 is 0 Å². The Morgan fingerprint density at radius 1 is 1.20 bits per heavy atom. The molecule has 0 N–H and O–H groups in total. The summed E-state index contributed by atoms with van der Waals surface area (Å²) in [6.07, 6.45) is 6.74. The molecule has 1 aromatic rings. The van der Waals surface area contributed by atoms with E-state index in [-0.39, 0.29) is 5.91 Å². The molecule has 4 heteroatoms. The molecule has 1 aromatic heterocycles. The van der Waals surface area contributed by atoms with Crippen molar-refractivity contribution in [3.8, 4) is 0 Å². The number of fused-ring (bicyclic) bond motifs is 1. The first-order valence-corrected chi connectivity index (χ1v) is 5.50. The van der Waals surface area contributed by atoms with E-state index in [1.165, 1.54) is 12.0 Å². The zero-order valence-corrected chi connectivity index (χ0v) is 8.57. The van der Waals surface area contributed by atoms with Gasteiger partial charge in [0.2, 0.25) is 11.9 Å². The van der Waals surface area contributed by atoms with Crippen molar-refractivity contribution in [2.24, 2.45) is 0 Å². The van der Waals surface area contributed by atoms with Crippen LogP contribution in [0.3, 0.4) is 0 Å². The lowest BCUT2D eigenvalue weighted by Gasteiger charge is -2.13. The second-order valence-electron chi connectivity index (χ2n) is 4.14. The minimum Gasteiger partial charge on any atom is -0.281 e. The van der Waals surface area contributed by atoms with Gasteiger partial charge in [-0.05, 0) is 31.2 Å². The number of anilines is 1. The standard InChI is InChI=1S/C11H13N3O/c15-10-5-2-6-14(10)11-12-7-8-3-1-4-9(8)13-11/h7H,1-6H2. The topological polar surface area (TPSA) is 46.1 Å². The van der Waals surface area contributed by atoms with E-state index in [0.29, 0.717) is 12.4 Å². The van der Waals surface area contributed by atoms with Crippen LogP contribution in [0.25, 0.3) is 0 Å². The Hall–Kier alpha value is -1.45. The Morgan fingerprint density at radius 2 is 2.13 bits per heavy atom. The summed E-state index contributed by atoms with van der Waals surface area (Å²) in [5.41, 5.74) is 2.39. The monoisotopic (exact) mass is 203 g/mol. The molecule has 2 aliphatic rings. The molecule has 1 saturated heterocycles. The van der Waals surface area contributed by atoms with Gasteiger partial charge in [-0.3, -0.25) is 9.69 Å². The number of aryl methyl sites for hydroxylation is 2. The van der Waals surface area contributed by atoms with Gasteiger partial charge in [-0.1, -0.05) is 0 Å². The van der Waals surface area contributed by atoms with E-state index in [0.717, 1.165) is 31.5 Å². The number of amides is 1. The SMILES string of the molecule is O=C1CCCN1c1ncc2c(n1)CCC2. The minimum atomic E-state index is 0.160. The Morgan fingerprint density at radius 3 is 2.93 bits per heavy atom. The van der Waals surface area contributed by atoms with E-state index < -0.39 is 0 Å². The third kappa shape index (κ3) is 1.40. The second-order valence-corrected chi connectivity index (χ2v) is 4.14. The first kappa shape index (κ1) is 8.83. The van der Waals surface area contributed by atoms with E-state index in [4.69, 9.17) is 0 Å². The largest absolute Gasteiger partial charge is 0.281 e. The molecule has 15 heavy (non-hydrogen) atoms. The fourth-order valence-corrected chi connectivity index (χ4v) is 2.29. The second kappa shape index (κ2) is 3.29. The van der Waals surface area contributed by atoms with Crippen LogP contribution in [0.5, 0.6) is 0 Å². The number of carbonyl (C=O) groups is 1. The Balaban J connectivity index is 1.95. The van der Waals surface area contributed by atoms with Crippen LogP contribution in [0.2, 0.25) is 0 Å². The van der Waals surface area contributed by atoms with E-state index in [2.05, 4.69) is 9.97 Å². The van der Waals surface area contributed by atoms with Gasteiger partial charge in [0.05, 0.1) is 0 Å². The number of hydrogen-bond donors (Lipinski definition) is 0. The normalized spacial score (nSPS) is 19.7. The van der Waals surface area contributed by atoms with E-state index in [1.807, 2.05) is 6.20 Å². The quantitative estimate of drug-likeness (QED) is 0.686. The van der Waals surface area contributed by atoms with Crippen molar-refractivity contribution in [3.63, 3.8) is 0 Å². The lowest BCUT2D eigenvalue weighted by Crippen LogP contribution is -2.26. The minimum absolute atomic E-state index is 0.160. The molecule has 1 aliphatic heterocycles. The van der Waals surface area contributed by atoms with Gasteiger partial charge in [0.25, 0.3) is 0 Å². The third-order valence-corrected chi connectivity index (χ3v) is 3.12. The van der Waals surface area contributed by atoms with Crippen LogP contribution in [-0.2, 0) is 17.6 Å². The van der Waals surface area contributed by atoms with Crippen molar-refractivity contribution in [3.05, 3.63) is 17.5 Å². The smallest absolute Gasteiger partial charge is 0.232 e. The van der Waals surface area contributed by atoms with Crippen molar-refractivity contribution in [2.45, 2.75) is 32.1 Å². The fourth-order valence-electron chi connectivity index (χ4n) is 2.29. The van der Waals surface area contributed by atoms with Gasteiger partial charge < -0.3 is 0 Å². The molecule has 0 aromatic carbocycles. The van der Waals surface area contributed by atoms with Crippen LogP contribution in [0.15, 0.2) is 6.20 Å². The summed E-state index contributed by atoms with van der Waals surface area (Å²) >= 11 is 0.